The second-order valence-electron chi connectivity index (χ2n) is 2.36. The SMILES string of the molecule is [B]C(C)(CC)CC. The largest absolute Gasteiger partial charge is 0.0742 e. The van der Waals surface area contributed by atoms with E-state index in [-0.39, 0.29) is 5.31 Å². The van der Waals surface area contributed by atoms with Crippen LogP contribution in [0.3, 0.4) is 0 Å². The lowest BCUT2D eigenvalue weighted by Gasteiger charge is -2.19. The quantitative estimate of drug-likeness (QED) is 0.462. The molecule has 0 saturated carbocycles. The molecule has 0 rings (SSSR count). The van der Waals surface area contributed by atoms with Gasteiger partial charge in [-0.2, -0.15) is 0 Å². The van der Waals surface area contributed by atoms with Crippen molar-refractivity contribution < 1.29 is 0 Å². The molecule has 2 radical (unpaired) electrons. The van der Waals surface area contributed by atoms with Gasteiger partial charge in [-0.1, -0.05) is 38.9 Å². The van der Waals surface area contributed by atoms with Gasteiger partial charge in [-0.25, -0.2) is 0 Å². The van der Waals surface area contributed by atoms with Crippen LogP contribution < -0.4 is 0 Å². The molecule has 0 amide bonds. The molecule has 0 unspecified atom stereocenters. The lowest BCUT2D eigenvalue weighted by atomic mass is 9.67. The smallest absolute Gasteiger partial charge is 0.0694 e. The van der Waals surface area contributed by atoms with E-state index >= 15 is 0 Å². The molecule has 0 aliphatic heterocycles. The number of hydrogen-bond donors (Lipinski definition) is 0. The molecule has 0 aromatic rings. The van der Waals surface area contributed by atoms with Gasteiger partial charge in [-0.05, 0) is 0 Å². The van der Waals surface area contributed by atoms with Crippen molar-refractivity contribution in [2.45, 2.75) is 38.9 Å². The molecule has 0 aromatic carbocycles. The standard InChI is InChI=1S/C6H13B/c1-4-6(3,7)5-2/h4-5H2,1-3H3. The Hall–Kier alpha value is 0.0649. The summed E-state index contributed by atoms with van der Waals surface area (Å²) in [7, 11) is 5.72. The van der Waals surface area contributed by atoms with Crippen LogP contribution in [0.5, 0.6) is 0 Å². The summed E-state index contributed by atoms with van der Waals surface area (Å²) in [5.41, 5.74) is 0. The Kier molecular flexibility index (Phi) is 2.41. The van der Waals surface area contributed by atoms with E-state index in [1.807, 2.05) is 0 Å². The Balaban J connectivity index is 3.36. The molecule has 0 N–H and O–H groups in total. The van der Waals surface area contributed by atoms with E-state index in [0.717, 1.165) is 12.8 Å². The van der Waals surface area contributed by atoms with E-state index < -0.39 is 0 Å². The van der Waals surface area contributed by atoms with Crippen molar-refractivity contribution in [3.63, 3.8) is 0 Å². The minimum absolute atomic E-state index is 0.0833. The van der Waals surface area contributed by atoms with Crippen LogP contribution in [0, 0.1) is 0 Å². The molecule has 0 atom stereocenters. The zero-order chi connectivity index (χ0) is 5.91. The third-order valence-electron chi connectivity index (χ3n) is 1.62. The molecule has 0 heterocycles. The number of hydrogen-bond acceptors (Lipinski definition) is 0. The van der Waals surface area contributed by atoms with Crippen molar-refractivity contribution in [1.29, 1.82) is 0 Å². The average Bonchev–Trinajstić information content (AvgIpc) is 1.68. The Morgan fingerprint density at radius 3 is 1.57 bits per heavy atom. The normalized spacial score (nSPS) is 11.9. The molecule has 0 saturated heterocycles. The van der Waals surface area contributed by atoms with Crippen LogP contribution in [0.2, 0.25) is 5.31 Å². The van der Waals surface area contributed by atoms with Crippen molar-refractivity contribution in [1.82, 2.24) is 0 Å². The first-order valence-electron chi connectivity index (χ1n) is 2.91. The van der Waals surface area contributed by atoms with Gasteiger partial charge in [-0.15, -0.1) is 0 Å². The van der Waals surface area contributed by atoms with Crippen molar-refractivity contribution in [2.24, 2.45) is 0 Å². The fourth-order valence-corrected chi connectivity index (χ4v) is 0.250. The van der Waals surface area contributed by atoms with E-state index in [1.165, 1.54) is 0 Å². The highest BCUT2D eigenvalue weighted by atomic mass is 14.1. The van der Waals surface area contributed by atoms with Gasteiger partial charge in [0.05, 0.1) is 7.85 Å². The summed E-state index contributed by atoms with van der Waals surface area (Å²) < 4.78 is 0. The van der Waals surface area contributed by atoms with Crippen molar-refractivity contribution in [3.05, 3.63) is 0 Å². The molecule has 0 bridgehead atoms. The highest BCUT2D eigenvalue weighted by Crippen LogP contribution is 2.27. The first-order valence-corrected chi connectivity index (χ1v) is 2.91. The predicted octanol–water partition coefficient (Wildman–Crippen LogP) is 2.15. The van der Waals surface area contributed by atoms with Crippen LogP contribution in [-0.4, -0.2) is 7.85 Å². The Morgan fingerprint density at radius 1 is 1.29 bits per heavy atom. The van der Waals surface area contributed by atoms with Crippen LogP contribution in [0.15, 0.2) is 0 Å². The molecule has 0 fully saturated rings. The maximum atomic E-state index is 5.72. The minimum atomic E-state index is 0.0833. The summed E-state index contributed by atoms with van der Waals surface area (Å²) in [6.45, 7) is 6.31. The summed E-state index contributed by atoms with van der Waals surface area (Å²) in [5, 5.41) is 0.0833. The fourth-order valence-electron chi connectivity index (χ4n) is 0.250. The monoisotopic (exact) mass is 96.1 g/mol. The Labute approximate surface area is 47.7 Å². The minimum Gasteiger partial charge on any atom is -0.0694 e. The van der Waals surface area contributed by atoms with Gasteiger partial charge in [-0.3, -0.25) is 0 Å². The molecular weight excluding hydrogens is 82.9 g/mol. The molecule has 0 aromatic heterocycles. The fraction of sp³-hybridized carbons (Fsp3) is 1.00. The molecule has 0 spiro atoms. The first-order chi connectivity index (χ1) is 3.12. The zero-order valence-corrected chi connectivity index (χ0v) is 5.49. The third kappa shape index (κ3) is 2.72. The highest BCUT2D eigenvalue weighted by molar-refractivity contribution is 6.14. The van der Waals surface area contributed by atoms with Crippen molar-refractivity contribution >= 4 is 7.85 Å². The van der Waals surface area contributed by atoms with Gasteiger partial charge in [0, 0.05) is 0 Å². The zero-order valence-electron chi connectivity index (χ0n) is 5.49. The maximum Gasteiger partial charge on any atom is 0.0742 e. The second kappa shape index (κ2) is 2.39. The van der Waals surface area contributed by atoms with Gasteiger partial charge in [0.2, 0.25) is 0 Å². The first kappa shape index (κ1) is 7.06. The van der Waals surface area contributed by atoms with Gasteiger partial charge < -0.3 is 0 Å². The van der Waals surface area contributed by atoms with Crippen molar-refractivity contribution in [2.75, 3.05) is 0 Å². The van der Waals surface area contributed by atoms with E-state index in [1.54, 1.807) is 0 Å². The second-order valence-corrected chi connectivity index (χ2v) is 2.36. The van der Waals surface area contributed by atoms with E-state index in [9.17, 15) is 0 Å². The Bertz CT molecular complexity index is 42.1. The lowest BCUT2D eigenvalue weighted by Crippen LogP contribution is -2.02. The van der Waals surface area contributed by atoms with E-state index in [2.05, 4.69) is 20.8 Å². The summed E-state index contributed by atoms with van der Waals surface area (Å²) in [4.78, 5) is 0. The van der Waals surface area contributed by atoms with Crippen molar-refractivity contribution in [3.8, 4) is 0 Å². The highest BCUT2D eigenvalue weighted by Gasteiger charge is 2.09. The molecule has 7 heavy (non-hydrogen) atoms. The van der Waals surface area contributed by atoms with Crippen LogP contribution in [0.25, 0.3) is 0 Å². The molecule has 0 nitrogen and oxygen atoms in total. The van der Waals surface area contributed by atoms with Crippen LogP contribution in [-0.2, 0) is 0 Å². The molecule has 40 valence electrons. The molecular formula is C6H13B. The van der Waals surface area contributed by atoms with E-state index in [4.69, 9.17) is 7.85 Å². The summed E-state index contributed by atoms with van der Waals surface area (Å²) in [6, 6.07) is 0. The topological polar surface area (TPSA) is 0 Å². The predicted molar refractivity (Wildman–Crippen MR) is 34.7 cm³/mol. The lowest BCUT2D eigenvalue weighted by molar-refractivity contribution is 0.571. The van der Waals surface area contributed by atoms with Crippen LogP contribution in [0.1, 0.15) is 33.6 Å². The Morgan fingerprint density at radius 2 is 1.57 bits per heavy atom. The van der Waals surface area contributed by atoms with E-state index in [0.29, 0.717) is 0 Å². The number of rotatable bonds is 2. The summed E-state index contributed by atoms with van der Waals surface area (Å²) in [6.07, 6.45) is 2.15. The van der Waals surface area contributed by atoms with Gasteiger partial charge in [0.25, 0.3) is 0 Å². The maximum absolute atomic E-state index is 5.72. The molecule has 0 aliphatic rings. The third-order valence-corrected chi connectivity index (χ3v) is 1.62. The van der Waals surface area contributed by atoms with Gasteiger partial charge in [0.15, 0.2) is 0 Å². The average molecular weight is 96.0 g/mol. The molecule has 0 aliphatic carbocycles. The van der Waals surface area contributed by atoms with Gasteiger partial charge >= 0.3 is 0 Å². The summed E-state index contributed by atoms with van der Waals surface area (Å²) >= 11 is 0. The summed E-state index contributed by atoms with van der Waals surface area (Å²) in [5.74, 6) is 0. The van der Waals surface area contributed by atoms with Gasteiger partial charge in [0.1, 0.15) is 0 Å². The molecule has 1 heteroatoms. The van der Waals surface area contributed by atoms with Crippen LogP contribution >= 0.6 is 0 Å². The van der Waals surface area contributed by atoms with Crippen LogP contribution in [0.4, 0.5) is 0 Å².